The lowest BCUT2D eigenvalue weighted by Crippen LogP contribution is -2.32. The molecule has 0 radical (unpaired) electrons. The van der Waals surface area contributed by atoms with E-state index >= 15 is 0 Å². The first kappa shape index (κ1) is 12.9. The molecule has 1 aromatic heterocycles. The molecule has 2 rings (SSSR count). The van der Waals surface area contributed by atoms with Gasteiger partial charge in [-0.05, 0) is 36.8 Å². The molecule has 4 heteroatoms. The van der Waals surface area contributed by atoms with Crippen LogP contribution in [-0.2, 0) is 0 Å². The van der Waals surface area contributed by atoms with E-state index in [1.807, 2.05) is 0 Å². The van der Waals surface area contributed by atoms with Crippen LogP contribution in [0.25, 0.3) is 0 Å². The van der Waals surface area contributed by atoms with Crippen LogP contribution in [0.1, 0.15) is 49.9 Å². The fourth-order valence-corrected chi connectivity index (χ4v) is 2.71. The zero-order chi connectivity index (χ0) is 13.2. The minimum Gasteiger partial charge on any atom is -0.478 e. The van der Waals surface area contributed by atoms with Gasteiger partial charge < -0.3 is 10.4 Å². The third kappa shape index (κ3) is 3.00. The largest absolute Gasteiger partial charge is 0.478 e. The lowest BCUT2D eigenvalue weighted by atomic mass is 9.75. The van der Waals surface area contributed by atoms with Gasteiger partial charge in [-0.2, -0.15) is 0 Å². The second kappa shape index (κ2) is 4.96. The normalized spacial score (nSPS) is 22.4. The molecule has 0 saturated heterocycles. The summed E-state index contributed by atoms with van der Waals surface area (Å²) in [6.07, 6.45) is 6.18. The topological polar surface area (TPSA) is 62.2 Å². The highest BCUT2D eigenvalue weighted by Gasteiger charge is 2.28. The molecule has 4 nitrogen and oxygen atoms in total. The van der Waals surface area contributed by atoms with Crippen LogP contribution in [0, 0.1) is 5.41 Å². The van der Waals surface area contributed by atoms with E-state index in [1.165, 1.54) is 12.8 Å². The average Bonchev–Trinajstić information content (AvgIpc) is 2.28. The van der Waals surface area contributed by atoms with E-state index in [2.05, 4.69) is 24.1 Å². The summed E-state index contributed by atoms with van der Waals surface area (Å²) in [5.74, 6) is -0.437. The number of aromatic carboxylic acids is 1. The third-order valence-electron chi connectivity index (χ3n) is 3.58. The van der Waals surface area contributed by atoms with Gasteiger partial charge in [0.1, 0.15) is 11.4 Å². The molecule has 18 heavy (non-hydrogen) atoms. The number of hydrogen-bond donors (Lipinski definition) is 2. The molecule has 0 aromatic carbocycles. The molecule has 1 aromatic rings. The van der Waals surface area contributed by atoms with Gasteiger partial charge in [0.05, 0.1) is 0 Å². The van der Waals surface area contributed by atoms with Crippen molar-refractivity contribution in [1.29, 1.82) is 0 Å². The van der Waals surface area contributed by atoms with Crippen molar-refractivity contribution in [3.05, 3.63) is 23.9 Å². The van der Waals surface area contributed by atoms with Crippen molar-refractivity contribution in [3.63, 3.8) is 0 Å². The molecule has 0 bridgehead atoms. The molecule has 1 fully saturated rings. The van der Waals surface area contributed by atoms with Crippen LogP contribution in [0.5, 0.6) is 0 Å². The molecule has 1 saturated carbocycles. The van der Waals surface area contributed by atoms with Crippen molar-refractivity contribution >= 4 is 11.8 Å². The van der Waals surface area contributed by atoms with Crippen molar-refractivity contribution in [2.75, 3.05) is 5.32 Å². The first-order valence-corrected chi connectivity index (χ1v) is 6.43. The van der Waals surface area contributed by atoms with Gasteiger partial charge in [-0.3, -0.25) is 0 Å². The third-order valence-corrected chi connectivity index (χ3v) is 3.58. The Morgan fingerprint density at radius 1 is 1.56 bits per heavy atom. The predicted molar refractivity (Wildman–Crippen MR) is 70.9 cm³/mol. The van der Waals surface area contributed by atoms with Crippen molar-refractivity contribution in [2.45, 2.75) is 45.6 Å². The average molecular weight is 248 g/mol. The van der Waals surface area contributed by atoms with E-state index in [0.29, 0.717) is 17.3 Å². The van der Waals surface area contributed by atoms with Gasteiger partial charge in [-0.25, -0.2) is 9.78 Å². The van der Waals surface area contributed by atoms with E-state index < -0.39 is 5.97 Å². The molecule has 0 amide bonds. The van der Waals surface area contributed by atoms with E-state index in [9.17, 15) is 4.79 Å². The Kier molecular flexibility index (Phi) is 3.55. The van der Waals surface area contributed by atoms with Crippen LogP contribution in [-0.4, -0.2) is 22.1 Å². The molecular weight excluding hydrogens is 228 g/mol. The maximum absolute atomic E-state index is 11.1. The van der Waals surface area contributed by atoms with Crippen LogP contribution in [0.15, 0.2) is 18.3 Å². The molecular formula is C14H20N2O2. The number of hydrogen-bond acceptors (Lipinski definition) is 3. The summed E-state index contributed by atoms with van der Waals surface area (Å²) >= 11 is 0. The minimum atomic E-state index is -0.930. The molecule has 1 heterocycles. The van der Waals surface area contributed by atoms with Crippen molar-refractivity contribution in [3.8, 4) is 0 Å². The predicted octanol–water partition coefficient (Wildman–Crippen LogP) is 3.16. The second-order valence-corrected chi connectivity index (χ2v) is 5.81. The van der Waals surface area contributed by atoms with Gasteiger partial charge in [0.15, 0.2) is 0 Å². The Balaban J connectivity index is 2.12. The Morgan fingerprint density at radius 3 is 3.00 bits per heavy atom. The van der Waals surface area contributed by atoms with Crippen molar-refractivity contribution in [1.82, 2.24) is 4.98 Å². The molecule has 2 N–H and O–H groups in total. The highest BCUT2D eigenvalue weighted by molar-refractivity contribution is 5.93. The summed E-state index contributed by atoms with van der Waals surface area (Å²) in [5.41, 5.74) is 0.578. The molecule has 1 aliphatic carbocycles. The Morgan fingerprint density at radius 2 is 2.33 bits per heavy atom. The highest BCUT2D eigenvalue weighted by atomic mass is 16.4. The van der Waals surface area contributed by atoms with E-state index in [1.54, 1.807) is 18.3 Å². The number of nitrogens with one attached hydrogen (secondary N) is 1. The maximum atomic E-state index is 11.1. The maximum Gasteiger partial charge on any atom is 0.339 e. The number of aromatic nitrogens is 1. The van der Waals surface area contributed by atoms with E-state index in [0.717, 1.165) is 12.8 Å². The summed E-state index contributed by atoms with van der Waals surface area (Å²) in [6.45, 7) is 4.52. The summed E-state index contributed by atoms with van der Waals surface area (Å²) in [6, 6.07) is 3.56. The van der Waals surface area contributed by atoms with Gasteiger partial charge in [0, 0.05) is 12.2 Å². The number of carboxylic acids is 1. The lowest BCUT2D eigenvalue weighted by Gasteiger charge is -2.35. The summed E-state index contributed by atoms with van der Waals surface area (Å²) in [4.78, 5) is 15.3. The first-order chi connectivity index (χ1) is 8.48. The van der Waals surface area contributed by atoms with Gasteiger partial charge in [-0.1, -0.05) is 20.3 Å². The van der Waals surface area contributed by atoms with Gasteiger partial charge in [0.2, 0.25) is 0 Å². The monoisotopic (exact) mass is 248 g/mol. The zero-order valence-electron chi connectivity index (χ0n) is 10.9. The summed E-state index contributed by atoms with van der Waals surface area (Å²) in [5, 5.41) is 12.4. The molecule has 1 unspecified atom stereocenters. The van der Waals surface area contributed by atoms with Crippen LogP contribution in [0.4, 0.5) is 5.82 Å². The summed E-state index contributed by atoms with van der Waals surface area (Å²) < 4.78 is 0. The van der Waals surface area contributed by atoms with Crippen LogP contribution >= 0.6 is 0 Å². The standard InChI is InChI=1S/C14H20N2O2/c1-14(2)7-3-5-10(9-14)16-12-11(13(17)18)6-4-8-15-12/h4,6,8,10H,3,5,7,9H2,1-2H3,(H,15,16)(H,17,18). The molecule has 1 atom stereocenters. The number of anilines is 1. The van der Waals surface area contributed by atoms with Gasteiger partial charge in [0.25, 0.3) is 0 Å². The van der Waals surface area contributed by atoms with Gasteiger partial charge in [-0.15, -0.1) is 0 Å². The van der Waals surface area contributed by atoms with Crippen LogP contribution in [0.2, 0.25) is 0 Å². The number of nitrogens with zero attached hydrogens (tertiary/aromatic N) is 1. The van der Waals surface area contributed by atoms with E-state index in [4.69, 9.17) is 5.11 Å². The smallest absolute Gasteiger partial charge is 0.339 e. The first-order valence-electron chi connectivity index (χ1n) is 6.43. The van der Waals surface area contributed by atoms with Crippen molar-refractivity contribution < 1.29 is 9.90 Å². The number of carbonyl (C=O) groups is 1. The molecule has 1 aliphatic rings. The Hall–Kier alpha value is -1.58. The number of carboxylic acid groups (broad SMARTS) is 1. The van der Waals surface area contributed by atoms with Gasteiger partial charge >= 0.3 is 5.97 Å². The van der Waals surface area contributed by atoms with Crippen molar-refractivity contribution in [2.24, 2.45) is 5.41 Å². The Bertz CT molecular complexity index is 443. The number of pyridine rings is 1. The van der Waals surface area contributed by atoms with E-state index in [-0.39, 0.29) is 5.56 Å². The molecule has 0 aliphatic heterocycles. The number of rotatable bonds is 3. The highest BCUT2D eigenvalue weighted by Crippen LogP contribution is 2.36. The summed E-state index contributed by atoms with van der Waals surface area (Å²) in [7, 11) is 0. The zero-order valence-corrected chi connectivity index (χ0v) is 10.9. The SMILES string of the molecule is CC1(C)CCCC(Nc2ncccc2C(=O)O)C1. The second-order valence-electron chi connectivity index (χ2n) is 5.81. The quantitative estimate of drug-likeness (QED) is 0.862. The fourth-order valence-electron chi connectivity index (χ4n) is 2.71. The molecule has 98 valence electrons. The fraction of sp³-hybridized carbons (Fsp3) is 0.571. The Labute approximate surface area is 107 Å². The van der Waals surface area contributed by atoms with Crippen LogP contribution < -0.4 is 5.32 Å². The lowest BCUT2D eigenvalue weighted by molar-refractivity contribution is 0.0697. The minimum absolute atomic E-state index is 0.251. The molecule has 0 spiro atoms. The van der Waals surface area contributed by atoms with Crippen LogP contribution in [0.3, 0.4) is 0 Å².